The first-order valence-corrected chi connectivity index (χ1v) is 9.73. The molecule has 0 saturated heterocycles. The van der Waals surface area contributed by atoms with Gasteiger partial charge in [0.15, 0.2) is 0 Å². The molecule has 6 heteroatoms. The van der Waals surface area contributed by atoms with Crippen LogP contribution in [-0.4, -0.2) is 24.8 Å². The number of halogens is 1. The van der Waals surface area contributed by atoms with E-state index in [4.69, 9.17) is 4.74 Å². The van der Waals surface area contributed by atoms with Gasteiger partial charge in [-0.3, -0.25) is 9.79 Å². The molecule has 149 valence electrons. The van der Waals surface area contributed by atoms with Crippen molar-refractivity contribution < 1.29 is 13.9 Å². The van der Waals surface area contributed by atoms with E-state index in [0.29, 0.717) is 30.5 Å². The summed E-state index contributed by atoms with van der Waals surface area (Å²) in [6.45, 7) is 3.14. The van der Waals surface area contributed by atoms with Gasteiger partial charge in [0.1, 0.15) is 29.9 Å². The molecule has 5 nitrogen and oxygen atoms in total. The van der Waals surface area contributed by atoms with Crippen LogP contribution in [-0.2, 0) is 4.79 Å². The van der Waals surface area contributed by atoms with Gasteiger partial charge in [-0.1, -0.05) is 24.3 Å². The Morgan fingerprint density at radius 3 is 2.90 bits per heavy atom. The van der Waals surface area contributed by atoms with Gasteiger partial charge in [-0.2, -0.15) is 0 Å². The highest BCUT2D eigenvalue weighted by atomic mass is 19.1. The summed E-state index contributed by atoms with van der Waals surface area (Å²) in [5, 5.41) is 2.88. The molecule has 30 heavy (non-hydrogen) atoms. The summed E-state index contributed by atoms with van der Waals surface area (Å²) in [7, 11) is 0. The van der Waals surface area contributed by atoms with E-state index in [1.54, 1.807) is 6.08 Å². The zero-order valence-corrected chi connectivity index (χ0v) is 16.4. The van der Waals surface area contributed by atoms with Crippen LogP contribution in [0.25, 0.3) is 0 Å². The number of nitrogens with zero attached hydrogens (tertiary/aromatic N) is 2. The number of nitrogens with one attached hydrogen (secondary N) is 1. The molecule has 0 bridgehead atoms. The molecule has 0 unspecified atom stereocenters. The number of para-hydroxylation sites is 2. The quantitative estimate of drug-likeness (QED) is 0.799. The molecule has 2 aromatic carbocycles. The molecule has 0 saturated carbocycles. The van der Waals surface area contributed by atoms with E-state index in [-0.39, 0.29) is 17.4 Å². The summed E-state index contributed by atoms with van der Waals surface area (Å²) in [4.78, 5) is 19.2. The fourth-order valence-corrected chi connectivity index (χ4v) is 3.77. The van der Waals surface area contributed by atoms with Crippen LogP contribution in [0.2, 0.25) is 0 Å². The average molecular weight is 400 g/mol. The highest BCUT2D eigenvalue weighted by Crippen LogP contribution is 2.39. The second kappa shape index (κ2) is 7.30. The minimum absolute atomic E-state index is 0.195. The van der Waals surface area contributed by atoms with Gasteiger partial charge in [0.25, 0.3) is 5.91 Å². The first-order chi connectivity index (χ1) is 14.6. The van der Waals surface area contributed by atoms with Crippen molar-refractivity contribution in [3.05, 3.63) is 89.8 Å². The highest BCUT2D eigenvalue weighted by molar-refractivity contribution is 6.48. The zero-order chi connectivity index (χ0) is 20.7. The van der Waals surface area contributed by atoms with Crippen molar-refractivity contribution in [2.45, 2.75) is 6.92 Å². The maximum atomic E-state index is 14.1. The topological polar surface area (TPSA) is 53.9 Å². The summed E-state index contributed by atoms with van der Waals surface area (Å²) in [6.07, 6.45) is 4.55. The van der Waals surface area contributed by atoms with E-state index in [0.717, 1.165) is 22.7 Å². The monoisotopic (exact) mass is 400 g/mol. The Hall–Kier alpha value is -3.67. The largest absolute Gasteiger partial charge is 0.490 e. The van der Waals surface area contributed by atoms with Crippen LogP contribution < -0.4 is 15.0 Å². The lowest BCUT2D eigenvalue weighted by molar-refractivity contribution is -0.110. The molecule has 0 aromatic heterocycles. The van der Waals surface area contributed by atoms with Crippen LogP contribution >= 0.6 is 0 Å². The van der Waals surface area contributed by atoms with E-state index in [2.05, 4.69) is 15.2 Å². The smallest absolute Gasteiger partial charge is 0.273 e. The Bertz CT molecular complexity index is 1160. The third-order valence-electron chi connectivity index (χ3n) is 5.26. The molecule has 2 heterocycles. The van der Waals surface area contributed by atoms with Gasteiger partial charge in [0.2, 0.25) is 0 Å². The molecule has 0 fully saturated rings. The number of carbonyl (C=O) groups is 1. The first-order valence-electron chi connectivity index (χ1n) is 9.73. The Morgan fingerprint density at radius 1 is 1.17 bits per heavy atom. The molecular formula is C24H19FN3O2. The van der Waals surface area contributed by atoms with Gasteiger partial charge < -0.3 is 15.0 Å². The molecular weight excluding hydrogens is 381 g/mol. The first kappa shape index (κ1) is 18.4. The number of ether oxygens (including phenoxy) is 1. The number of allylic oxidation sites excluding steroid dienone is 2. The van der Waals surface area contributed by atoms with Gasteiger partial charge >= 0.3 is 0 Å². The van der Waals surface area contributed by atoms with Crippen molar-refractivity contribution in [3.63, 3.8) is 0 Å². The Morgan fingerprint density at radius 2 is 2.03 bits per heavy atom. The van der Waals surface area contributed by atoms with Crippen LogP contribution in [0.4, 0.5) is 21.5 Å². The molecule has 0 atom stereocenters. The summed E-state index contributed by atoms with van der Waals surface area (Å²) >= 11 is 0. The second-order valence-electron chi connectivity index (χ2n) is 7.24. The molecule has 2 aliphatic heterocycles. The summed E-state index contributed by atoms with van der Waals surface area (Å²) < 4.78 is 19.8. The lowest BCUT2D eigenvalue weighted by Crippen LogP contribution is -2.28. The molecule has 0 spiro atoms. The van der Waals surface area contributed by atoms with Crippen LogP contribution in [0.15, 0.2) is 88.7 Å². The number of benzene rings is 2. The van der Waals surface area contributed by atoms with Crippen LogP contribution in [0.5, 0.6) is 5.75 Å². The van der Waals surface area contributed by atoms with E-state index < -0.39 is 0 Å². The van der Waals surface area contributed by atoms with Crippen LogP contribution in [0.3, 0.4) is 0 Å². The average Bonchev–Trinajstić information content (AvgIpc) is 3.23. The van der Waals surface area contributed by atoms with Crippen molar-refractivity contribution in [2.24, 2.45) is 4.99 Å². The number of hydrogen-bond acceptors (Lipinski definition) is 4. The number of anilines is 3. The minimum Gasteiger partial charge on any atom is -0.490 e. The zero-order valence-electron chi connectivity index (χ0n) is 16.4. The molecule has 5 rings (SSSR count). The third kappa shape index (κ3) is 3.20. The van der Waals surface area contributed by atoms with Gasteiger partial charge in [0.05, 0.1) is 12.2 Å². The SMILES string of the molecule is CC1=CC=C(F)C2=CC(C(=O)Nc3cccc(N4CCOc5ccccc54)c3)=N[C]12. The van der Waals surface area contributed by atoms with Gasteiger partial charge in [-0.05, 0) is 55.0 Å². The number of fused-ring (bicyclic) bond motifs is 2. The number of aliphatic imine (C=N–C) groups is 1. The fraction of sp³-hybridized carbons (Fsp3) is 0.125. The van der Waals surface area contributed by atoms with Gasteiger partial charge in [0, 0.05) is 16.9 Å². The number of amides is 1. The number of rotatable bonds is 3. The van der Waals surface area contributed by atoms with E-state index in [1.165, 1.54) is 12.2 Å². The van der Waals surface area contributed by atoms with Crippen molar-refractivity contribution in [1.82, 2.24) is 0 Å². The lowest BCUT2D eigenvalue weighted by atomic mass is 9.96. The Kier molecular flexibility index (Phi) is 4.47. The molecule has 1 N–H and O–H groups in total. The summed E-state index contributed by atoms with van der Waals surface area (Å²) in [6, 6.07) is 16.0. The molecule has 2 aromatic rings. The Balaban J connectivity index is 1.38. The van der Waals surface area contributed by atoms with Crippen molar-refractivity contribution in [1.29, 1.82) is 0 Å². The maximum Gasteiger partial charge on any atom is 0.273 e. The van der Waals surface area contributed by atoms with Crippen molar-refractivity contribution in [2.75, 3.05) is 23.4 Å². The van der Waals surface area contributed by atoms with Gasteiger partial charge in [-0.25, -0.2) is 4.39 Å². The summed E-state index contributed by atoms with van der Waals surface area (Å²) in [5.74, 6) is 0.0860. The van der Waals surface area contributed by atoms with Crippen LogP contribution in [0, 0.1) is 6.04 Å². The molecule has 1 aliphatic carbocycles. The standard InChI is InChI=1S/C24H19FN3O2/c1-15-9-10-19(25)18-14-20(27-23(15)18)24(29)26-16-5-4-6-17(13-16)28-11-12-30-22-8-3-2-7-21(22)28/h2-10,13-14H,11-12H2,1H3,(H,26,29). The predicted octanol–water partition coefficient (Wildman–Crippen LogP) is 4.88. The number of hydrogen-bond donors (Lipinski definition) is 1. The minimum atomic E-state index is -0.380. The van der Waals surface area contributed by atoms with Crippen LogP contribution in [0.1, 0.15) is 6.92 Å². The van der Waals surface area contributed by atoms with Crippen molar-refractivity contribution >= 4 is 28.7 Å². The second-order valence-corrected chi connectivity index (χ2v) is 7.24. The molecule has 1 amide bonds. The maximum absolute atomic E-state index is 14.1. The highest BCUT2D eigenvalue weighted by Gasteiger charge is 2.31. The molecule has 3 aliphatic rings. The summed E-state index contributed by atoms with van der Waals surface area (Å²) in [5.41, 5.74) is 3.97. The third-order valence-corrected chi connectivity index (χ3v) is 5.26. The van der Waals surface area contributed by atoms with Gasteiger partial charge in [-0.15, -0.1) is 0 Å². The lowest BCUT2D eigenvalue weighted by Gasteiger charge is -2.31. The predicted molar refractivity (Wildman–Crippen MR) is 116 cm³/mol. The van der Waals surface area contributed by atoms with E-state index >= 15 is 0 Å². The van der Waals surface area contributed by atoms with E-state index in [9.17, 15) is 9.18 Å². The Labute approximate surface area is 173 Å². The number of carbonyl (C=O) groups excluding carboxylic acids is 1. The molecule has 1 radical (unpaired) electrons. The van der Waals surface area contributed by atoms with E-state index in [1.807, 2.05) is 55.5 Å². The van der Waals surface area contributed by atoms with Crippen molar-refractivity contribution in [3.8, 4) is 5.75 Å². The fourth-order valence-electron chi connectivity index (χ4n) is 3.77. The normalized spacial score (nSPS) is 17.7.